The third-order valence-electron chi connectivity index (χ3n) is 5.00. The summed E-state index contributed by atoms with van der Waals surface area (Å²) in [6.07, 6.45) is 5.02. The van der Waals surface area contributed by atoms with Gasteiger partial charge in [0.05, 0.1) is 6.54 Å². The number of nitrogens with zero attached hydrogens (tertiary/aromatic N) is 2. The van der Waals surface area contributed by atoms with Gasteiger partial charge in [0.1, 0.15) is 4.75 Å². The van der Waals surface area contributed by atoms with Crippen molar-refractivity contribution in [1.82, 2.24) is 9.71 Å². The van der Waals surface area contributed by atoms with Crippen molar-refractivity contribution in [3.8, 4) is 11.1 Å². The molecule has 1 aromatic heterocycles. The minimum atomic E-state index is -1.12. The van der Waals surface area contributed by atoms with Gasteiger partial charge >= 0.3 is 0 Å². The Bertz CT molecular complexity index is 861. The number of benzene rings is 1. The Morgan fingerprint density at radius 3 is 2.70 bits per heavy atom. The van der Waals surface area contributed by atoms with Crippen LogP contribution in [0.2, 0.25) is 0 Å². The molecule has 0 spiro atoms. The van der Waals surface area contributed by atoms with Crippen LogP contribution in [0.4, 0.5) is 5.69 Å². The molecule has 144 valence electrons. The van der Waals surface area contributed by atoms with Crippen LogP contribution in [0.25, 0.3) is 11.1 Å². The summed E-state index contributed by atoms with van der Waals surface area (Å²) < 4.78 is 15.1. The van der Waals surface area contributed by atoms with Gasteiger partial charge in [-0.25, -0.2) is 0 Å². The van der Waals surface area contributed by atoms with Crippen LogP contribution in [0.5, 0.6) is 0 Å². The fourth-order valence-corrected chi connectivity index (χ4v) is 3.94. The summed E-state index contributed by atoms with van der Waals surface area (Å²) in [5, 5.41) is 0. The van der Waals surface area contributed by atoms with Crippen molar-refractivity contribution in [2.75, 3.05) is 11.9 Å². The molecule has 1 unspecified atom stereocenters. The maximum atomic E-state index is 12.3. The van der Waals surface area contributed by atoms with Gasteiger partial charge in [0.25, 0.3) is 0 Å². The van der Waals surface area contributed by atoms with Crippen molar-refractivity contribution in [2.45, 2.75) is 51.8 Å². The summed E-state index contributed by atoms with van der Waals surface area (Å²) in [5.74, 6) is 0.160. The third kappa shape index (κ3) is 4.18. The molecule has 2 heterocycles. The number of pyridine rings is 1. The largest absolute Gasteiger partial charge is 0.598 e. The fourth-order valence-electron chi connectivity index (χ4n) is 3.22. The Morgan fingerprint density at radius 1 is 1.26 bits per heavy atom. The van der Waals surface area contributed by atoms with E-state index in [0.717, 1.165) is 34.4 Å². The normalized spacial score (nSPS) is 15.6. The van der Waals surface area contributed by atoms with Crippen LogP contribution in [-0.4, -0.2) is 27.2 Å². The quantitative estimate of drug-likeness (QED) is 0.818. The molecular weight excluding hydrogens is 358 g/mol. The van der Waals surface area contributed by atoms with Crippen LogP contribution in [-0.2, 0) is 29.1 Å². The van der Waals surface area contributed by atoms with Crippen LogP contribution >= 0.6 is 0 Å². The summed E-state index contributed by atoms with van der Waals surface area (Å²) in [7, 11) is 1.83. The minimum absolute atomic E-state index is 0.160. The second kappa shape index (κ2) is 7.62. The number of hydrogen-bond donors (Lipinski definition) is 1. The Kier molecular flexibility index (Phi) is 5.60. The van der Waals surface area contributed by atoms with Crippen molar-refractivity contribution in [3.05, 3.63) is 47.3 Å². The first-order valence-electron chi connectivity index (χ1n) is 9.17. The Balaban J connectivity index is 1.87. The number of anilines is 1. The van der Waals surface area contributed by atoms with Gasteiger partial charge in [-0.3, -0.25) is 9.78 Å². The molecule has 1 N–H and O–H groups in total. The van der Waals surface area contributed by atoms with Crippen LogP contribution in [0.1, 0.15) is 43.9 Å². The molecule has 1 aliphatic rings. The number of aromatic nitrogens is 1. The molecule has 1 aliphatic heterocycles. The zero-order valence-electron chi connectivity index (χ0n) is 16.6. The van der Waals surface area contributed by atoms with Crippen molar-refractivity contribution < 1.29 is 9.35 Å². The molecule has 2 aromatic rings. The number of aryl methyl sites for hydroxylation is 1. The summed E-state index contributed by atoms with van der Waals surface area (Å²) >= 11 is -1.12. The molecule has 5 nitrogen and oxygen atoms in total. The highest BCUT2D eigenvalue weighted by Gasteiger charge is 2.26. The number of fused-ring (bicyclic) bond motifs is 1. The monoisotopic (exact) mass is 385 g/mol. The predicted octanol–water partition coefficient (Wildman–Crippen LogP) is 3.52. The topological polar surface area (TPSA) is 68.3 Å². The van der Waals surface area contributed by atoms with E-state index in [-0.39, 0.29) is 10.7 Å². The number of carbonyl (C=O) groups excluding carboxylic acids is 1. The lowest BCUT2D eigenvalue weighted by atomic mass is 9.94. The Hall–Kier alpha value is -1.89. The lowest BCUT2D eigenvalue weighted by Gasteiger charge is -2.26. The average Bonchev–Trinajstić information content (AvgIpc) is 2.62. The van der Waals surface area contributed by atoms with Gasteiger partial charge in [-0.2, -0.15) is 0 Å². The van der Waals surface area contributed by atoms with Gasteiger partial charge < -0.3 is 9.45 Å². The van der Waals surface area contributed by atoms with Crippen molar-refractivity contribution in [1.29, 1.82) is 0 Å². The zero-order chi connectivity index (χ0) is 19.8. The van der Waals surface area contributed by atoms with Gasteiger partial charge in [-0.15, -0.1) is 4.72 Å². The van der Waals surface area contributed by atoms with E-state index in [4.69, 9.17) is 0 Å². The lowest BCUT2D eigenvalue weighted by molar-refractivity contribution is -0.118. The van der Waals surface area contributed by atoms with E-state index in [1.54, 1.807) is 4.90 Å². The first kappa shape index (κ1) is 19.9. The first-order valence-corrected chi connectivity index (χ1v) is 10.3. The molecule has 6 heteroatoms. The van der Waals surface area contributed by atoms with Crippen LogP contribution in [0.3, 0.4) is 0 Å². The molecule has 1 atom stereocenters. The molecule has 0 saturated heterocycles. The predicted molar refractivity (Wildman–Crippen MR) is 111 cm³/mol. The molecule has 1 amide bonds. The lowest BCUT2D eigenvalue weighted by Crippen LogP contribution is -2.39. The van der Waals surface area contributed by atoms with E-state index >= 15 is 0 Å². The van der Waals surface area contributed by atoms with Crippen molar-refractivity contribution >= 4 is 23.0 Å². The highest BCUT2D eigenvalue weighted by atomic mass is 32.2. The second-order valence-electron chi connectivity index (χ2n) is 7.97. The molecule has 0 fully saturated rings. The van der Waals surface area contributed by atoms with E-state index in [9.17, 15) is 9.35 Å². The van der Waals surface area contributed by atoms with Gasteiger partial charge in [0.2, 0.25) is 5.91 Å². The average molecular weight is 386 g/mol. The van der Waals surface area contributed by atoms with Gasteiger partial charge in [-0.1, -0.05) is 6.07 Å². The van der Waals surface area contributed by atoms with Gasteiger partial charge in [-0.05, 0) is 68.5 Å². The summed E-state index contributed by atoms with van der Waals surface area (Å²) in [4.78, 5) is 18.0. The molecule has 0 radical (unpaired) electrons. The molecule has 1 aromatic carbocycles. The highest BCUT2D eigenvalue weighted by Crippen LogP contribution is 2.33. The van der Waals surface area contributed by atoms with Crippen molar-refractivity contribution in [3.63, 3.8) is 0 Å². The number of rotatable bonds is 4. The smallest absolute Gasteiger partial charge is 0.227 e. The molecule has 0 saturated carbocycles. The minimum Gasteiger partial charge on any atom is -0.598 e. The Morgan fingerprint density at radius 2 is 2.00 bits per heavy atom. The van der Waals surface area contributed by atoms with Gasteiger partial charge in [0.15, 0.2) is 0 Å². The molecule has 3 rings (SSSR count). The van der Waals surface area contributed by atoms with E-state index in [1.807, 2.05) is 52.3 Å². The van der Waals surface area contributed by atoms with E-state index < -0.39 is 11.4 Å². The number of hydrogen-bond acceptors (Lipinski definition) is 4. The number of amides is 1. The standard InChI is InChI=1S/C21H27N3O2S/c1-14-17(12-23-27(26)21(2,3)4)11-22-13-18(14)15-6-8-19-16(10-15)7-9-20(25)24(19)5/h6,8,10-11,13,23H,7,9,12H2,1-5H3. The van der Waals surface area contributed by atoms with E-state index in [0.29, 0.717) is 13.0 Å². The molecule has 27 heavy (non-hydrogen) atoms. The summed E-state index contributed by atoms with van der Waals surface area (Å²) in [6.45, 7) is 8.44. The maximum Gasteiger partial charge on any atom is 0.227 e. The number of nitrogens with one attached hydrogen (secondary N) is 1. The van der Waals surface area contributed by atoms with Crippen LogP contribution < -0.4 is 9.62 Å². The fraction of sp³-hybridized carbons (Fsp3) is 0.429. The SMILES string of the molecule is Cc1c(CN[S+]([O-])C(C)(C)C)cncc1-c1ccc2c(c1)CCC(=O)N2C. The third-order valence-corrected chi connectivity index (χ3v) is 6.52. The zero-order valence-corrected chi connectivity index (χ0v) is 17.4. The van der Waals surface area contributed by atoms with Crippen molar-refractivity contribution in [2.24, 2.45) is 0 Å². The van der Waals surface area contributed by atoms with Gasteiger partial charge in [0, 0.05) is 48.5 Å². The summed E-state index contributed by atoms with van der Waals surface area (Å²) in [6, 6.07) is 6.22. The maximum absolute atomic E-state index is 12.3. The van der Waals surface area contributed by atoms with Crippen LogP contribution in [0, 0.1) is 6.92 Å². The van der Waals surface area contributed by atoms with E-state index in [2.05, 4.69) is 22.7 Å². The molecule has 0 bridgehead atoms. The van der Waals surface area contributed by atoms with Crippen LogP contribution in [0.15, 0.2) is 30.6 Å². The first-order chi connectivity index (χ1) is 12.7. The van der Waals surface area contributed by atoms with E-state index in [1.165, 1.54) is 5.56 Å². The number of carbonyl (C=O) groups is 1. The molecular formula is C21H27N3O2S. The molecule has 0 aliphatic carbocycles. The highest BCUT2D eigenvalue weighted by molar-refractivity contribution is 7.90. The summed E-state index contributed by atoms with van der Waals surface area (Å²) in [5.41, 5.74) is 6.50. The Labute approximate surface area is 164 Å². The second-order valence-corrected chi connectivity index (χ2v) is 10.0.